The second-order valence-corrected chi connectivity index (χ2v) is 10.5. The molecule has 1 aliphatic rings. The number of hydrogen-bond acceptors (Lipinski definition) is 5. The molecule has 0 radical (unpaired) electrons. The van der Waals surface area contributed by atoms with Crippen LogP contribution in [0.2, 0.25) is 0 Å². The average molecular weight is 516 g/mol. The molecule has 1 aliphatic heterocycles. The van der Waals surface area contributed by atoms with Crippen molar-refractivity contribution in [2.45, 2.75) is 13.0 Å². The van der Waals surface area contributed by atoms with Crippen LogP contribution in [0.1, 0.15) is 26.4 Å². The third kappa shape index (κ3) is 5.59. The molecule has 0 bridgehead atoms. The first-order valence-electron chi connectivity index (χ1n) is 12.1. The van der Waals surface area contributed by atoms with Crippen molar-refractivity contribution in [2.24, 2.45) is 0 Å². The summed E-state index contributed by atoms with van der Waals surface area (Å²) in [4.78, 5) is 18.2. The van der Waals surface area contributed by atoms with Gasteiger partial charge in [-0.1, -0.05) is 72.8 Å². The van der Waals surface area contributed by atoms with Crippen LogP contribution in [0.4, 0.5) is 5.00 Å². The smallest absolute Gasteiger partial charge is 0.340 e. The Hall–Kier alpha value is -3.26. The van der Waals surface area contributed by atoms with E-state index in [1.807, 2.05) is 24.3 Å². The Morgan fingerprint density at radius 3 is 2.47 bits per heavy atom. The summed E-state index contributed by atoms with van der Waals surface area (Å²) in [6, 6.07) is 27.2. The number of thiophene rings is 1. The fraction of sp³-hybridized carbons (Fsp3) is 0.241. The highest BCUT2D eigenvalue weighted by Crippen LogP contribution is 2.31. The number of thiocarbonyl (C=S) groups is 1. The van der Waals surface area contributed by atoms with Gasteiger partial charge in [0.25, 0.3) is 0 Å². The second-order valence-electron chi connectivity index (χ2n) is 8.94. The zero-order valence-corrected chi connectivity index (χ0v) is 21.9. The van der Waals surface area contributed by atoms with Crippen LogP contribution in [-0.4, -0.2) is 54.2 Å². The van der Waals surface area contributed by atoms with Gasteiger partial charge in [0.2, 0.25) is 0 Å². The predicted molar refractivity (Wildman–Crippen MR) is 152 cm³/mol. The molecule has 1 saturated heterocycles. The van der Waals surface area contributed by atoms with Crippen molar-refractivity contribution in [1.82, 2.24) is 9.80 Å². The van der Waals surface area contributed by atoms with Crippen LogP contribution in [0.15, 0.2) is 78.9 Å². The molecule has 5 rings (SSSR count). The van der Waals surface area contributed by atoms with Gasteiger partial charge in [-0.15, -0.1) is 11.3 Å². The number of ether oxygens (including phenoxy) is 1. The molecule has 0 amide bonds. The van der Waals surface area contributed by atoms with E-state index < -0.39 is 0 Å². The Bertz CT molecular complexity index is 1360. The van der Waals surface area contributed by atoms with Gasteiger partial charge in [-0.2, -0.15) is 0 Å². The van der Waals surface area contributed by atoms with Gasteiger partial charge in [-0.05, 0) is 40.2 Å². The molecule has 0 atom stereocenters. The summed E-state index contributed by atoms with van der Waals surface area (Å²) in [6.45, 7) is 4.46. The lowest BCUT2D eigenvalue weighted by Crippen LogP contribution is -2.49. The standard InChI is InChI=1S/C29H29N3O2S2/c1-34-28(33)26-19-24(18-21-8-3-2-4-9-21)36-27(26)30-29(35)32-16-14-31(15-17-32)20-23-12-7-11-22-10-5-6-13-25(22)23/h2-13,19H,14-18,20H2,1H3,(H,30,35). The number of methoxy groups -OCH3 is 1. The van der Waals surface area contributed by atoms with Crippen molar-refractivity contribution in [3.8, 4) is 0 Å². The average Bonchev–Trinajstić information content (AvgIpc) is 3.31. The van der Waals surface area contributed by atoms with E-state index in [4.69, 9.17) is 17.0 Å². The maximum Gasteiger partial charge on any atom is 0.340 e. The van der Waals surface area contributed by atoms with Gasteiger partial charge in [0, 0.05) is 44.0 Å². The molecule has 36 heavy (non-hydrogen) atoms. The van der Waals surface area contributed by atoms with Gasteiger partial charge in [0.1, 0.15) is 5.00 Å². The van der Waals surface area contributed by atoms with Crippen LogP contribution in [0.3, 0.4) is 0 Å². The highest BCUT2D eigenvalue weighted by Gasteiger charge is 2.23. The van der Waals surface area contributed by atoms with E-state index in [0.29, 0.717) is 10.7 Å². The van der Waals surface area contributed by atoms with Crippen LogP contribution < -0.4 is 5.32 Å². The van der Waals surface area contributed by atoms with E-state index in [2.05, 4.69) is 69.7 Å². The van der Waals surface area contributed by atoms with Gasteiger partial charge in [-0.25, -0.2) is 4.79 Å². The topological polar surface area (TPSA) is 44.8 Å². The Morgan fingerprint density at radius 2 is 1.69 bits per heavy atom. The number of piperazine rings is 1. The van der Waals surface area contributed by atoms with E-state index in [1.54, 1.807) is 11.3 Å². The maximum atomic E-state index is 12.4. The summed E-state index contributed by atoms with van der Waals surface area (Å²) in [5, 5.41) is 7.34. The number of rotatable bonds is 6. The molecule has 3 aromatic carbocycles. The third-order valence-corrected chi connectivity index (χ3v) is 7.97. The van der Waals surface area contributed by atoms with Gasteiger partial charge >= 0.3 is 5.97 Å². The van der Waals surface area contributed by atoms with Gasteiger partial charge in [0.05, 0.1) is 12.7 Å². The largest absolute Gasteiger partial charge is 0.465 e. The number of nitrogens with one attached hydrogen (secondary N) is 1. The fourth-order valence-corrected chi connectivity index (χ4v) is 6.06. The highest BCUT2D eigenvalue weighted by atomic mass is 32.1. The molecule has 1 N–H and O–H groups in total. The minimum atomic E-state index is -0.351. The van der Waals surface area contributed by atoms with Gasteiger partial charge < -0.3 is 15.0 Å². The Morgan fingerprint density at radius 1 is 0.972 bits per heavy atom. The molecule has 2 heterocycles. The van der Waals surface area contributed by atoms with Crippen molar-refractivity contribution in [2.75, 3.05) is 38.6 Å². The molecule has 5 nitrogen and oxygen atoms in total. The van der Waals surface area contributed by atoms with Crippen molar-refractivity contribution < 1.29 is 9.53 Å². The molecular weight excluding hydrogens is 486 g/mol. The zero-order valence-electron chi connectivity index (χ0n) is 20.3. The Labute approximate surface area is 221 Å². The number of carbonyl (C=O) groups excluding carboxylic acids is 1. The first kappa shape index (κ1) is 24.4. The lowest BCUT2D eigenvalue weighted by molar-refractivity contribution is 0.0602. The minimum absolute atomic E-state index is 0.351. The number of nitrogens with zero attached hydrogens (tertiary/aromatic N) is 2. The maximum absolute atomic E-state index is 12.4. The fourth-order valence-electron chi connectivity index (χ4n) is 4.64. The van der Waals surface area contributed by atoms with Crippen molar-refractivity contribution >= 4 is 50.4 Å². The number of hydrogen-bond donors (Lipinski definition) is 1. The summed E-state index contributed by atoms with van der Waals surface area (Å²) >= 11 is 7.32. The summed E-state index contributed by atoms with van der Waals surface area (Å²) in [7, 11) is 1.41. The van der Waals surface area contributed by atoms with Crippen molar-refractivity contribution in [3.05, 3.63) is 100 Å². The normalized spacial score (nSPS) is 14.1. The molecule has 0 unspecified atom stereocenters. The number of carbonyl (C=O) groups is 1. The molecule has 1 fully saturated rings. The molecule has 0 spiro atoms. The van der Waals surface area contributed by atoms with E-state index in [0.717, 1.165) is 49.0 Å². The molecular formula is C29H29N3O2S2. The van der Waals surface area contributed by atoms with Crippen molar-refractivity contribution in [1.29, 1.82) is 0 Å². The highest BCUT2D eigenvalue weighted by molar-refractivity contribution is 7.80. The van der Waals surface area contributed by atoms with Crippen LogP contribution >= 0.6 is 23.6 Å². The van der Waals surface area contributed by atoms with Gasteiger partial charge in [0.15, 0.2) is 5.11 Å². The summed E-state index contributed by atoms with van der Waals surface area (Å²) < 4.78 is 5.03. The predicted octanol–water partition coefficient (Wildman–Crippen LogP) is 5.79. The molecule has 0 saturated carbocycles. The van der Waals surface area contributed by atoms with E-state index in [9.17, 15) is 4.79 Å². The van der Waals surface area contributed by atoms with Crippen LogP contribution in [0, 0.1) is 0 Å². The number of esters is 1. The number of anilines is 1. The Balaban J connectivity index is 1.22. The van der Waals surface area contributed by atoms with Crippen LogP contribution in [0.25, 0.3) is 10.8 Å². The quantitative estimate of drug-likeness (QED) is 0.259. The lowest BCUT2D eigenvalue weighted by atomic mass is 10.0. The van der Waals surface area contributed by atoms with Crippen LogP contribution in [0.5, 0.6) is 0 Å². The molecule has 7 heteroatoms. The summed E-state index contributed by atoms with van der Waals surface area (Å²) in [6.07, 6.45) is 0.761. The molecule has 4 aromatic rings. The second kappa shape index (κ2) is 11.2. The third-order valence-electron chi connectivity index (χ3n) is 6.56. The molecule has 0 aliphatic carbocycles. The SMILES string of the molecule is COC(=O)c1cc(Cc2ccccc2)sc1NC(=S)N1CCN(Cc2cccc3ccccc23)CC1. The lowest BCUT2D eigenvalue weighted by Gasteiger charge is -2.36. The van der Waals surface area contributed by atoms with E-state index >= 15 is 0 Å². The van der Waals surface area contributed by atoms with Gasteiger partial charge in [-0.3, -0.25) is 4.90 Å². The Kier molecular flexibility index (Phi) is 7.60. The number of benzene rings is 3. The summed E-state index contributed by atoms with van der Waals surface area (Å²) in [5.74, 6) is -0.351. The summed E-state index contributed by atoms with van der Waals surface area (Å²) in [5.41, 5.74) is 3.09. The van der Waals surface area contributed by atoms with Crippen LogP contribution in [-0.2, 0) is 17.7 Å². The van der Waals surface area contributed by atoms with E-state index in [-0.39, 0.29) is 5.97 Å². The number of fused-ring (bicyclic) bond motifs is 1. The van der Waals surface area contributed by atoms with E-state index in [1.165, 1.54) is 29.0 Å². The first-order valence-corrected chi connectivity index (χ1v) is 13.3. The zero-order chi connectivity index (χ0) is 24.9. The van der Waals surface area contributed by atoms with Crippen molar-refractivity contribution in [3.63, 3.8) is 0 Å². The molecule has 1 aromatic heterocycles. The minimum Gasteiger partial charge on any atom is -0.465 e. The first-order chi connectivity index (χ1) is 17.6. The monoisotopic (exact) mass is 515 g/mol. The molecule has 184 valence electrons.